The number of phenolic OH excluding ortho intramolecular Hbond substituents is 3. The van der Waals surface area contributed by atoms with Crippen molar-refractivity contribution in [2.24, 2.45) is 0 Å². The first-order valence-electron chi connectivity index (χ1n) is 5.09. The molecule has 0 bridgehead atoms. The third-order valence-corrected chi connectivity index (χ3v) is 2.33. The van der Waals surface area contributed by atoms with Crippen LogP contribution in [-0.2, 0) is 0 Å². The predicted molar refractivity (Wildman–Crippen MR) is 63.3 cm³/mol. The SMILES string of the molecule is O=Cc1ccc(Oc2cccc(O)c2O)cc1O. The van der Waals surface area contributed by atoms with E-state index in [-0.39, 0.29) is 28.6 Å². The molecule has 0 heterocycles. The van der Waals surface area contributed by atoms with Gasteiger partial charge in [0.2, 0.25) is 5.75 Å². The standard InChI is InChI=1S/C13H10O5/c14-7-8-4-5-9(6-11(8)16)18-12-3-1-2-10(15)13(12)17/h1-7,15-17H. The summed E-state index contributed by atoms with van der Waals surface area (Å²) in [6, 6.07) is 8.37. The molecule has 0 atom stereocenters. The lowest BCUT2D eigenvalue weighted by Gasteiger charge is -2.09. The van der Waals surface area contributed by atoms with E-state index in [2.05, 4.69) is 0 Å². The molecule has 0 aliphatic rings. The maximum absolute atomic E-state index is 10.5. The fourth-order valence-electron chi connectivity index (χ4n) is 1.41. The molecular formula is C13H10O5. The van der Waals surface area contributed by atoms with Gasteiger partial charge in [0.15, 0.2) is 17.8 Å². The molecule has 0 radical (unpaired) electrons. The molecule has 0 saturated heterocycles. The third-order valence-electron chi connectivity index (χ3n) is 2.33. The smallest absolute Gasteiger partial charge is 0.201 e. The molecule has 3 N–H and O–H groups in total. The number of carbonyl (C=O) groups excluding carboxylic acids is 1. The average Bonchev–Trinajstić information content (AvgIpc) is 2.35. The molecule has 5 nitrogen and oxygen atoms in total. The Balaban J connectivity index is 2.31. The molecule has 0 fully saturated rings. The summed E-state index contributed by atoms with van der Waals surface area (Å²) in [5.41, 5.74) is 0.141. The molecule has 0 unspecified atom stereocenters. The Bertz CT molecular complexity index is 592. The first kappa shape index (κ1) is 11.8. The summed E-state index contributed by atoms with van der Waals surface area (Å²) in [4.78, 5) is 10.5. The monoisotopic (exact) mass is 246 g/mol. The fourth-order valence-corrected chi connectivity index (χ4v) is 1.41. The minimum absolute atomic E-state index is 0.0493. The van der Waals surface area contributed by atoms with Gasteiger partial charge in [-0.15, -0.1) is 0 Å². The second-order valence-corrected chi connectivity index (χ2v) is 3.56. The van der Waals surface area contributed by atoms with Gasteiger partial charge in [-0.3, -0.25) is 4.79 Å². The lowest BCUT2D eigenvalue weighted by molar-refractivity contribution is 0.112. The van der Waals surface area contributed by atoms with Crippen LogP contribution in [0.5, 0.6) is 28.7 Å². The Morgan fingerprint density at radius 1 is 1.00 bits per heavy atom. The van der Waals surface area contributed by atoms with Crippen molar-refractivity contribution in [3.63, 3.8) is 0 Å². The zero-order valence-corrected chi connectivity index (χ0v) is 9.20. The zero-order valence-electron chi connectivity index (χ0n) is 9.20. The molecule has 0 saturated carbocycles. The third kappa shape index (κ3) is 2.20. The van der Waals surface area contributed by atoms with E-state index in [4.69, 9.17) is 4.74 Å². The van der Waals surface area contributed by atoms with E-state index in [1.54, 1.807) is 0 Å². The van der Waals surface area contributed by atoms with Crippen molar-refractivity contribution in [3.05, 3.63) is 42.0 Å². The number of phenols is 3. The quantitative estimate of drug-likeness (QED) is 0.571. The molecule has 92 valence electrons. The van der Waals surface area contributed by atoms with E-state index in [9.17, 15) is 20.1 Å². The highest BCUT2D eigenvalue weighted by Crippen LogP contribution is 2.38. The van der Waals surface area contributed by atoms with Crippen molar-refractivity contribution in [1.82, 2.24) is 0 Å². The van der Waals surface area contributed by atoms with Gasteiger partial charge in [-0.05, 0) is 24.3 Å². The second-order valence-electron chi connectivity index (χ2n) is 3.56. The molecule has 5 heteroatoms. The maximum atomic E-state index is 10.5. The molecule has 0 amide bonds. The average molecular weight is 246 g/mol. The summed E-state index contributed by atoms with van der Waals surface area (Å²) in [6.07, 6.45) is 0.519. The van der Waals surface area contributed by atoms with Crippen LogP contribution in [0.3, 0.4) is 0 Å². The van der Waals surface area contributed by atoms with Crippen LogP contribution in [0, 0.1) is 0 Å². The zero-order chi connectivity index (χ0) is 13.1. The van der Waals surface area contributed by atoms with Crippen molar-refractivity contribution in [1.29, 1.82) is 0 Å². The molecule has 2 aromatic carbocycles. The van der Waals surface area contributed by atoms with Gasteiger partial charge >= 0.3 is 0 Å². The van der Waals surface area contributed by atoms with Crippen LogP contribution in [0.4, 0.5) is 0 Å². The lowest BCUT2D eigenvalue weighted by Crippen LogP contribution is -1.87. The first-order valence-corrected chi connectivity index (χ1v) is 5.09. The van der Waals surface area contributed by atoms with Gasteiger partial charge in [-0.2, -0.15) is 0 Å². The van der Waals surface area contributed by atoms with Crippen LogP contribution in [0.15, 0.2) is 36.4 Å². The largest absolute Gasteiger partial charge is 0.507 e. The van der Waals surface area contributed by atoms with E-state index in [1.165, 1.54) is 36.4 Å². The highest BCUT2D eigenvalue weighted by Gasteiger charge is 2.09. The number of rotatable bonds is 3. The van der Waals surface area contributed by atoms with Crippen molar-refractivity contribution in [2.75, 3.05) is 0 Å². The summed E-state index contributed by atoms with van der Waals surface area (Å²) >= 11 is 0. The predicted octanol–water partition coefficient (Wildman–Crippen LogP) is 2.41. The van der Waals surface area contributed by atoms with Crippen LogP contribution in [0.2, 0.25) is 0 Å². The van der Waals surface area contributed by atoms with Crippen LogP contribution >= 0.6 is 0 Å². The highest BCUT2D eigenvalue weighted by atomic mass is 16.5. The number of aldehydes is 1. The first-order chi connectivity index (χ1) is 8.61. The number of hydrogen-bond donors (Lipinski definition) is 3. The van der Waals surface area contributed by atoms with E-state index in [0.717, 1.165) is 0 Å². The fraction of sp³-hybridized carbons (Fsp3) is 0. The van der Waals surface area contributed by atoms with Crippen LogP contribution in [0.25, 0.3) is 0 Å². The molecule has 2 rings (SSSR count). The molecule has 2 aromatic rings. The van der Waals surface area contributed by atoms with E-state index >= 15 is 0 Å². The molecular weight excluding hydrogens is 236 g/mol. The minimum atomic E-state index is -0.392. The van der Waals surface area contributed by atoms with Crippen LogP contribution < -0.4 is 4.74 Å². The molecule has 0 aromatic heterocycles. The minimum Gasteiger partial charge on any atom is -0.507 e. The van der Waals surface area contributed by atoms with Crippen molar-refractivity contribution >= 4 is 6.29 Å². The van der Waals surface area contributed by atoms with Crippen LogP contribution in [0.1, 0.15) is 10.4 Å². The Morgan fingerprint density at radius 3 is 2.44 bits per heavy atom. The van der Waals surface area contributed by atoms with Gasteiger partial charge in [-0.1, -0.05) is 6.07 Å². The van der Waals surface area contributed by atoms with Gasteiger partial charge < -0.3 is 20.1 Å². The number of benzene rings is 2. The normalized spacial score (nSPS) is 10.0. The molecule has 0 aliphatic heterocycles. The van der Waals surface area contributed by atoms with Crippen molar-refractivity contribution in [3.8, 4) is 28.7 Å². The topological polar surface area (TPSA) is 87.0 Å². The van der Waals surface area contributed by atoms with Crippen molar-refractivity contribution in [2.45, 2.75) is 0 Å². The number of ether oxygens (including phenoxy) is 1. The van der Waals surface area contributed by atoms with E-state index < -0.39 is 5.75 Å². The van der Waals surface area contributed by atoms with Crippen molar-refractivity contribution < 1.29 is 24.9 Å². The number of carbonyl (C=O) groups is 1. The summed E-state index contributed by atoms with van der Waals surface area (Å²) < 4.78 is 5.28. The molecule has 0 aliphatic carbocycles. The summed E-state index contributed by atoms with van der Waals surface area (Å²) in [5, 5.41) is 28.3. The Labute approximate surface area is 103 Å². The van der Waals surface area contributed by atoms with E-state index in [1.807, 2.05) is 0 Å². The number of para-hydroxylation sites is 1. The maximum Gasteiger partial charge on any atom is 0.201 e. The van der Waals surface area contributed by atoms with Gasteiger partial charge in [0.05, 0.1) is 5.56 Å². The summed E-state index contributed by atoms with van der Waals surface area (Å²) in [7, 11) is 0. The van der Waals surface area contributed by atoms with E-state index in [0.29, 0.717) is 6.29 Å². The van der Waals surface area contributed by atoms with Crippen LogP contribution in [-0.4, -0.2) is 21.6 Å². The number of hydrogen-bond acceptors (Lipinski definition) is 5. The Kier molecular flexibility index (Phi) is 3.05. The Hall–Kier alpha value is -2.69. The van der Waals surface area contributed by atoms with Gasteiger partial charge in [-0.25, -0.2) is 0 Å². The summed E-state index contributed by atoms with van der Waals surface area (Å²) in [6.45, 7) is 0. The number of aromatic hydroxyl groups is 3. The molecule has 18 heavy (non-hydrogen) atoms. The van der Waals surface area contributed by atoms with Gasteiger partial charge in [0.1, 0.15) is 11.5 Å². The van der Waals surface area contributed by atoms with Gasteiger partial charge in [0.25, 0.3) is 0 Å². The second kappa shape index (κ2) is 4.67. The summed E-state index contributed by atoms with van der Waals surface area (Å²) in [5.74, 6) is -0.632. The van der Waals surface area contributed by atoms with Gasteiger partial charge in [0, 0.05) is 6.07 Å². The Morgan fingerprint density at radius 2 is 1.78 bits per heavy atom. The molecule has 0 spiro atoms. The highest BCUT2D eigenvalue weighted by molar-refractivity contribution is 5.79. The lowest BCUT2D eigenvalue weighted by atomic mass is 10.2.